The lowest BCUT2D eigenvalue weighted by Crippen LogP contribution is -2.05. The average molecular weight is 316 g/mol. The van der Waals surface area contributed by atoms with Gasteiger partial charge in [-0.3, -0.25) is 0 Å². The molecule has 0 spiro atoms. The van der Waals surface area contributed by atoms with Crippen molar-refractivity contribution in [2.24, 2.45) is 0 Å². The van der Waals surface area contributed by atoms with Gasteiger partial charge in [-0.15, -0.1) is 0 Å². The van der Waals surface area contributed by atoms with E-state index in [1.54, 1.807) is 24.5 Å². The van der Waals surface area contributed by atoms with E-state index in [0.717, 1.165) is 15.7 Å². The second-order valence-electron chi connectivity index (χ2n) is 3.89. The molecule has 94 valence electrons. The molecule has 0 aliphatic carbocycles. The molecule has 5 nitrogen and oxygen atoms in total. The summed E-state index contributed by atoms with van der Waals surface area (Å²) >= 11 is 3.50. The molecule has 6 heteroatoms. The summed E-state index contributed by atoms with van der Waals surface area (Å²) in [6.07, 6.45) is 3.31. The van der Waals surface area contributed by atoms with Crippen LogP contribution in [0.5, 0.6) is 0 Å². The van der Waals surface area contributed by atoms with E-state index >= 15 is 0 Å². The third-order valence-electron chi connectivity index (χ3n) is 2.63. The van der Waals surface area contributed by atoms with Gasteiger partial charge in [-0.2, -0.15) is 9.78 Å². The molecule has 2 aromatic heterocycles. The highest BCUT2D eigenvalue weighted by atomic mass is 79.9. The van der Waals surface area contributed by atoms with E-state index in [0.29, 0.717) is 11.8 Å². The Kier molecular flexibility index (Phi) is 3.00. The Morgan fingerprint density at radius 3 is 2.53 bits per heavy atom. The zero-order valence-electron chi connectivity index (χ0n) is 9.86. The Hall–Kier alpha value is -2.21. The maximum atomic E-state index is 5.97. The summed E-state index contributed by atoms with van der Waals surface area (Å²) in [5, 5.41) is 4.45. The standard InChI is InChI=1S/C13H10BrN5/c14-10-5-2-1-4-9(10)11-8-12(15)19(18-11)13-16-6-3-7-17-13/h1-8H,15H2. The number of nitrogen functional groups attached to an aromatic ring is 1. The number of anilines is 1. The van der Waals surface area contributed by atoms with Crippen LogP contribution in [0.1, 0.15) is 0 Å². The quantitative estimate of drug-likeness (QED) is 0.789. The van der Waals surface area contributed by atoms with E-state index in [2.05, 4.69) is 31.0 Å². The summed E-state index contributed by atoms with van der Waals surface area (Å²) in [4.78, 5) is 8.27. The average Bonchev–Trinajstić information content (AvgIpc) is 2.82. The van der Waals surface area contributed by atoms with E-state index in [9.17, 15) is 0 Å². The van der Waals surface area contributed by atoms with Gasteiger partial charge in [-0.25, -0.2) is 9.97 Å². The monoisotopic (exact) mass is 315 g/mol. The van der Waals surface area contributed by atoms with Crippen molar-refractivity contribution in [1.29, 1.82) is 0 Å². The van der Waals surface area contributed by atoms with Crippen molar-refractivity contribution in [2.75, 3.05) is 5.73 Å². The largest absolute Gasteiger partial charge is 0.383 e. The van der Waals surface area contributed by atoms with Crippen LogP contribution in [-0.2, 0) is 0 Å². The molecular formula is C13H10BrN5. The molecule has 0 amide bonds. The van der Waals surface area contributed by atoms with Crippen LogP contribution in [0, 0.1) is 0 Å². The molecule has 0 unspecified atom stereocenters. The first-order chi connectivity index (χ1) is 9.25. The fraction of sp³-hybridized carbons (Fsp3) is 0. The van der Waals surface area contributed by atoms with E-state index in [1.807, 2.05) is 24.3 Å². The maximum absolute atomic E-state index is 5.97. The molecule has 1 aromatic carbocycles. The lowest BCUT2D eigenvalue weighted by atomic mass is 10.2. The fourth-order valence-electron chi connectivity index (χ4n) is 1.76. The summed E-state index contributed by atoms with van der Waals surface area (Å²) < 4.78 is 2.49. The van der Waals surface area contributed by atoms with Crippen molar-refractivity contribution >= 4 is 21.7 Å². The number of nitrogens with zero attached hydrogens (tertiary/aromatic N) is 4. The van der Waals surface area contributed by atoms with Crippen molar-refractivity contribution in [1.82, 2.24) is 19.7 Å². The highest BCUT2D eigenvalue weighted by Gasteiger charge is 2.11. The second-order valence-corrected chi connectivity index (χ2v) is 4.75. The van der Waals surface area contributed by atoms with Gasteiger partial charge in [-0.1, -0.05) is 34.1 Å². The predicted octanol–water partition coefficient (Wildman–Crippen LogP) is 2.67. The van der Waals surface area contributed by atoms with Gasteiger partial charge in [0.1, 0.15) is 5.82 Å². The van der Waals surface area contributed by atoms with Gasteiger partial charge in [0.05, 0.1) is 5.69 Å². The first kappa shape index (κ1) is 11.9. The van der Waals surface area contributed by atoms with Crippen LogP contribution in [0.3, 0.4) is 0 Å². The molecule has 3 rings (SSSR count). The minimum Gasteiger partial charge on any atom is -0.383 e. The summed E-state index contributed by atoms with van der Waals surface area (Å²) in [5.41, 5.74) is 7.72. The fourth-order valence-corrected chi connectivity index (χ4v) is 2.24. The number of benzene rings is 1. The maximum Gasteiger partial charge on any atom is 0.252 e. The number of rotatable bonds is 2. The summed E-state index contributed by atoms with van der Waals surface area (Å²) in [6, 6.07) is 11.4. The minimum absolute atomic E-state index is 0.457. The molecule has 3 aromatic rings. The summed E-state index contributed by atoms with van der Waals surface area (Å²) in [5.74, 6) is 0.954. The van der Waals surface area contributed by atoms with Gasteiger partial charge in [0, 0.05) is 28.5 Å². The van der Waals surface area contributed by atoms with E-state index in [4.69, 9.17) is 5.73 Å². The van der Waals surface area contributed by atoms with Crippen LogP contribution in [0.15, 0.2) is 53.3 Å². The normalized spacial score (nSPS) is 10.6. The molecule has 0 aliphatic rings. The second kappa shape index (κ2) is 4.81. The number of aromatic nitrogens is 4. The predicted molar refractivity (Wildman–Crippen MR) is 76.7 cm³/mol. The highest BCUT2D eigenvalue weighted by Crippen LogP contribution is 2.28. The molecule has 19 heavy (non-hydrogen) atoms. The molecule has 0 bridgehead atoms. The van der Waals surface area contributed by atoms with Gasteiger partial charge < -0.3 is 5.73 Å². The molecule has 0 aliphatic heterocycles. The Morgan fingerprint density at radius 1 is 1.05 bits per heavy atom. The summed E-state index contributed by atoms with van der Waals surface area (Å²) in [6.45, 7) is 0. The van der Waals surface area contributed by atoms with Gasteiger partial charge in [0.25, 0.3) is 5.95 Å². The number of hydrogen-bond acceptors (Lipinski definition) is 4. The molecule has 0 atom stereocenters. The van der Waals surface area contributed by atoms with Crippen LogP contribution >= 0.6 is 15.9 Å². The molecule has 0 radical (unpaired) electrons. The first-order valence-corrected chi connectivity index (χ1v) is 6.43. The molecule has 2 N–H and O–H groups in total. The van der Waals surface area contributed by atoms with Gasteiger partial charge in [-0.05, 0) is 12.1 Å². The van der Waals surface area contributed by atoms with Crippen molar-refractivity contribution in [3.63, 3.8) is 0 Å². The zero-order chi connectivity index (χ0) is 13.2. The Balaban J connectivity index is 2.10. The highest BCUT2D eigenvalue weighted by molar-refractivity contribution is 9.10. The first-order valence-electron chi connectivity index (χ1n) is 5.63. The topological polar surface area (TPSA) is 69.6 Å². The van der Waals surface area contributed by atoms with Crippen LogP contribution in [0.4, 0.5) is 5.82 Å². The van der Waals surface area contributed by atoms with Crippen molar-refractivity contribution in [3.8, 4) is 17.2 Å². The van der Waals surface area contributed by atoms with Crippen LogP contribution in [0.25, 0.3) is 17.2 Å². The van der Waals surface area contributed by atoms with Gasteiger partial charge in [0.2, 0.25) is 0 Å². The van der Waals surface area contributed by atoms with Crippen LogP contribution in [0.2, 0.25) is 0 Å². The van der Waals surface area contributed by atoms with Gasteiger partial charge >= 0.3 is 0 Å². The molecule has 0 saturated carbocycles. The lowest BCUT2D eigenvalue weighted by Gasteiger charge is -2.01. The molecule has 2 heterocycles. The Labute approximate surface area is 118 Å². The minimum atomic E-state index is 0.457. The van der Waals surface area contributed by atoms with Gasteiger partial charge in [0.15, 0.2) is 0 Å². The molecular weight excluding hydrogens is 306 g/mol. The smallest absolute Gasteiger partial charge is 0.252 e. The van der Waals surface area contributed by atoms with Crippen molar-refractivity contribution < 1.29 is 0 Å². The summed E-state index contributed by atoms with van der Waals surface area (Å²) in [7, 11) is 0. The third kappa shape index (κ3) is 2.22. The SMILES string of the molecule is Nc1cc(-c2ccccc2Br)nn1-c1ncccn1. The third-order valence-corrected chi connectivity index (χ3v) is 3.32. The number of halogens is 1. The Bertz CT molecular complexity index is 708. The van der Waals surface area contributed by atoms with E-state index in [1.165, 1.54) is 4.68 Å². The number of nitrogens with two attached hydrogens (primary N) is 1. The van der Waals surface area contributed by atoms with Crippen LogP contribution < -0.4 is 5.73 Å². The van der Waals surface area contributed by atoms with Crippen LogP contribution in [-0.4, -0.2) is 19.7 Å². The van der Waals surface area contributed by atoms with E-state index < -0.39 is 0 Å². The number of hydrogen-bond donors (Lipinski definition) is 1. The molecule has 0 saturated heterocycles. The van der Waals surface area contributed by atoms with Crippen molar-refractivity contribution in [3.05, 3.63) is 53.3 Å². The molecule has 0 fully saturated rings. The van der Waals surface area contributed by atoms with Crippen molar-refractivity contribution in [2.45, 2.75) is 0 Å². The van der Waals surface area contributed by atoms with E-state index in [-0.39, 0.29) is 0 Å². The Morgan fingerprint density at radius 2 is 1.79 bits per heavy atom. The zero-order valence-corrected chi connectivity index (χ0v) is 11.4. The lowest BCUT2D eigenvalue weighted by molar-refractivity contribution is 0.820.